The molecule has 0 spiro atoms. The lowest BCUT2D eigenvalue weighted by molar-refractivity contribution is 0.297. The average molecular weight is 256 g/mol. The second-order valence-corrected chi connectivity index (χ2v) is 4.35. The summed E-state index contributed by atoms with van der Waals surface area (Å²) in [6.45, 7) is 9.74. The van der Waals surface area contributed by atoms with Crippen molar-refractivity contribution < 1.29 is 8.78 Å². The van der Waals surface area contributed by atoms with Crippen molar-refractivity contribution in [3.8, 4) is 0 Å². The quantitative estimate of drug-likeness (QED) is 0.807. The molecule has 1 unspecified atom stereocenters. The molecule has 1 N–H and O–H groups in total. The highest BCUT2D eigenvalue weighted by Gasteiger charge is 2.13. The predicted octanol–water partition coefficient (Wildman–Crippen LogP) is 2.96. The summed E-state index contributed by atoms with van der Waals surface area (Å²) < 4.78 is 26.6. The predicted molar refractivity (Wildman–Crippen MR) is 70.6 cm³/mol. The summed E-state index contributed by atoms with van der Waals surface area (Å²) in [6, 6.07) is 4.11. The molecule has 0 fully saturated rings. The molecule has 4 heteroatoms. The number of benzene rings is 1. The summed E-state index contributed by atoms with van der Waals surface area (Å²) >= 11 is 0. The number of halogens is 2. The van der Waals surface area contributed by atoms with Crippen molar-refractivity contribution in [1.29, 1.82) is 0 Å². The van der Waals surface area contributed by atoms with E-state index in [0.717, 1.165) is 32.2 Å². The molecular weight excluding hydrogens is 234 g/mol. The second kappa shape index (κ2) is 7.44. The van der Waals surface area contributed by atoms with Gasteiger partial charge in [0.25, 0.3) is 0 Å². The molecule has 1 aromatic carbocycles. The lowest BCUT2D eigenvalue weighted by Gasteiger charge is -2.20. The van der Waals surface area contributed by atoms with E-state index in [1.807, 2.05) is 6.92 Å². The zero-order valence-electron chi connectivity index (χ0n) is 11.3. The standard InChI is InChI=1S/C14H22F2N2/c1-4-18(5-2)10-9-17-11(3)12-7-6-8-13(15)14(12)16/h6-8,11,17H,4-5,9-10H2,1-3H3. The highest BCUT2D eigenvalue weighted by Crippen LogP contribution is 2.18. The number of nitrogens with zero attached hydrogens (tertiary/aromatic N) is 1. The Morgan fingerprint density at radius 3 is 2.50 bits per heavy atom. The maximum absolute atomic E-state index is 13.5. The zero-order valence-corrected chi connectivity index (χ0v) is 11.3. The Kier molecular flexibility index (Phi) is 6.22. The van der Waals surface area contributed by atoms with E-state index in [-0.39, 0.29) is 6.04 Å². The molecule has 0 aliphatic carbocycles. The number of rotatable bonds is 7. The first-order valence-electron chi connectivity index (χ1n) is 6.49. The lowest BCUT2D eigenvalue weighted by Crippen LogP contribution is -2.33. The number of nitrogens with one attached hydrogen (secondary N) is 1. The first kappa shape index (κ1) is 15.1. The van der Waals surface area contributed by atoms with Crippen molar-refractivity contribution in [2.24, 2.45) is 0 Å². The molecule has 0 bridgehead atoms. The molecule has 18 heavy (non-hydrogen) atoms. The van der Waals surface area contributed by atoms with Crippen molar-refractivity contribution in [3.63, 3.8) is 0 Å². The molecule has 0 aliphatic heterocycles. The fourth-order valence-electron chi connectivity index (χ4n) is 1.94. The first-order valence-corrected chi connectivity index (χ1v) is 6.49. The van der Waals surface area contributed by atoms with Crippen LogP contribution in [0, 0.1) is 11.6 Å². The SMILES string of the molecule is CCN(CC)CCNC(C)c1cccc(F)c1F. The third-order valence-corrected chi connectivity index (χ3v) is 3.22. The van der Waals surface area contributed by atoms with Crippen LogP contribution in [0.5, 0.6) is 0 Å². The van der Waals surface area contributed by atoms with Crippen LogP contribution >= 0.6 is 0 Å². The molecule has 0 heterocycles. The molecule has 1 rings (SSSR count). The molecule has 102 valence electrons. The molecule has 0 amide bonds. The maximum atomic E-state index is 13.5. The van der Waals surface area contributed by atoms with Crippen LogP contribution in [0.15, 0.2) is 18.2 Å². The zero-order chi connectivity index (χ0) is 13.5. The van der Waals surface area contributed by atoms with Gasteiger partial charge in [0, 0.05) is 24.7 Å². The van der Waals surface area contributed by atoms with Crippen molar-refractivity contribution in [3.05, 3.63) is 35.4 Å². The molecule has 2 nitrogen and oxygen atoms in total. The minimum absolute atomic E-state index is 0.184. The van der Waals surface area contributed by atoms with Crippen molar-refractivity contribution in [1.82, 2.24) is 10.2 Å². The van der Waals surface area contributed by atoms with E-state index in [4.69, 9.17) is 0 Å². The normalized spacial score (nSPS) is 13.0. The Labute approximate surface area is 108 Å². The third-order valence-electron chi connectivity index (χ3n) is 3.22. The number of hydrogen-bond acceptors (Lipinski definition) is 2. The van der Waals surface area contributed by atoms with Crippen molar-refractivity contribution in [2.45, 2.75) is 26.8 Å². The summed E-state index contributed by atoms with van der Waals surface area (Å²) in [5, 5.41) is 3.22. The van der Waals surface area contributed by atoms with Gasteiger partial charge < -0.3 is 10.2 Å². The summed E-state index contributed by atoms with van der Waals surface area (Å²) in [5.74, 6) is -1.54. The Hall–Kier alpha value is -1.00. The third kappa shape index (κ3) is 4.03. The summed E-state index contributed by atoms with van der Waals surface area (Å²) in [4.78, 5) is 2.28. The van der Waals surface area contributed by atoms with Gasteiger partial charge in [0.15, 0.2) is 11.6 Å². The van der Waals surface area contributed by atoms with Gasteiger partial charge in [-0.25, -0.2) is 8.78 Å². The van der Waals surface area contributed by atoms with Crippen LogP contribution in [0.25, 0.3) is 0 Å². The minimum Gasteiger partial charge on any atom is -0.309 e. The molecule has 1 aromatic rings. The van der Waals surface area contributed by atoms with E-state index in [9.17, 15) is 8.78 Å². The highest BCUT2D eigenvalue weighted by molar-refractivity contribution is 5.21. The van der Waals surface area contributed by atoms with Crippen LogP contribution in [0.2, 0.25) is 0 Å². The van der Waals surface area contributed by atoms with E-state index in [1.54, 1.807) is 6.07 Å². The molecule has 0 saturated carbocycles. The summed E-state index contributed by atoms with van der Waals surface area (Å²) in [5.41, 5.74) is 0.384. The minimum atomic E-state index is -0.787. The highest BCUT2D eigenvalue weighted by atomic mass is 19.2. The average Bonchev–Trinajstić information content (AvgIpc) is 2.37. The van der Waals surface area contributed by atoms with E-state index in [0.29, 0.717) is 5.56 Å². The fourth-order valence-corrected chi connectivity index (χ4v) is 1.94. The van der Waals surface area contributed by atoms with Crippen LogP contribution in [0.3, 0.4) is 0 Å². The van der Waals surface area contributed by atoms with Crippen LogP contribution < -0.4 is 5.32 Å². The molecule has 0 aromatic heterocycles. The monoisotopic (exact) mass is 256 g/mol. The Balaban J connectivity index is 2.50. The smallest absolute Gasteiger partial charge is 0.163 e. The van der Waals surface area contributed by atoms with Gasteiger partial charge in [-0.1, -0.05) is 26.0 Å². The molecule has 1 atom stereocenters. The number of hydrogen-bond donors (Lipinski definition) is 1. The Bertz CT molecular complexity index is 365. The molecule has 0 saturated heterocycles. The lowest BCUT2D eigenvalue weighted by atomic mass is 10.1. The van der Waals surface area contributed by atoms with Crippen LogP contribution in [-0.4, -0.2) is 31.1 Å². The Morgan fingerprint density at radius 2 is 1.89 bits per heavy atom. The molecular formula is C14H22F2N2. The van der Waals surface area contributed by atoms with Gasteiger partial charge >= 0.3 is 0 Å². The van der Waals surface area contributed by atoms with Gasteiger partial charge in [0.2, 0.25) is 0 Å². The van der Waals surface area contributed by atoms with Crippen molar-refractivity contribution >= 4 is 0 Å². The van der Waals surface area contributed by atoms with Crippen LogP contribution in [0.4, 0.5) is 8.78 Å². The maximum Gasteiger partial charge on any atom is 0.163 e. The topological polar surface area (TPSA) is 15.3 Å². The fraction of sp³-hybridized carbons (Fsp3) is 0.571. The van der Waals surface area contributed by atoms with E-state index < -0.39 is 11.6 Å². The van der Waals surface area contributed by atoms with Crippen LogP contribution in [-0.2, 0) is 0 Å². The van der Waals surface area contributed by atoms with Crippen LogP contribution in [0.1, 0.15) is 32.4 Å². The van der Waals surface area contributed by atoms with E-state index in [2.05, 4.69) is 24.1 Å². The largest absolute Gasteiger partial charge is 0.309 e. The number of likely N-dealkylation sites (N-methyl/N-ethyl adjacent to an activating group) is 1. The van der Waals surface area contributed by atoms with Gasteiger partial charge in [0.05, 0.1) is 0 Å². The summed E-state index contributed by atoms with van der Waals surface area (Å²) in [7, 11) is 0. The summed E-state index contributed by atoms with van der Waals surface area (Å²) in [6.07, 6.45) is 0. The first-order chi connectivity index (χ1) is 8.60. The van der Waals surface area contributed by atoms with Gasteiger partial charge in [-0.05, 0) is 26.1 Å². The molecule has 0 aliphatic rings. The van der Waals surface area contributed by atoms with E-state index >= 15 is 0 Å². The van der Waals surface area contributed by atoms with Gasteiger partial charge in [0.1, 0.15) is 0 Å². The van der Waals surface area contributed by atoms with Gasteiger partial charge in [-0.2, -0.15) is 0 Å². The molecule has 0 radical (unpaired) electrons. The van der Waals surface area contributed by atoms with E-state index in [1.165, 1.54) is 6.07 Å². The van der Waals surface area contributed by atoms with Crippen molar-refractivity contribution in [2.75, 3.05) is 26.2 Å². The van der Waals surface area contributed by atoms with Gasteiger partial charge in [-0.15, -0.1) is 0 Å². The Morgan fingerprint density at radius 1 is 1.22 bits per heavy atom. The van der Waals surface area contributed by atoms with Gasteiger partial charge in [-0.3, -0.25) is 0 Å². The second-order valence-electron chi connectivity index (χ2n) is 4.35.